The van der Waals surface area contributed by atoms with E-state index in [9.17, 15) is 4.79 Å². The second-order valence-corrected chi connectivity index (χ2v) is 6.48. The standard InChI is InChI=1S/C21H20N2O4/c1-13-5-3-4-6-16(13)21-23-17(14(2)27-21)10-20(24)22-11-15-7-8-18-19(9-15)26-12-25-18/h3-9H,10-12H2,1-2H3,(H,22,24). The van der Waals surface area contributed by atoms with Crippen LogP contribution in [0.5, 0.6) is 11.5 Å². The van der Waals surface area contributed by atoms with Gasteiger partial charge in [0.25, 0.3) is 0 Å². The Morgan fingerprint density at radius 2 is 1.93 bits per heavy atom. The van der Waals surface area contributed by atoms with Crippen LogP contribution in [0.3, 0.4) is 0 Å². The van der Waals surface area contributed by atoms with Gasteiger partial charge in [0.1, 0.15) is 5.76 Å². The van der Waals surface area contributed by atoms with Crippen molar-refractivity contribution in [1.29, 1.82) is 0 Å². The summed E-state index contributed by atoms with van der Waals surface area (Å²) >= 11 is 0. The molecule has 1 aliphatic rings. The van der Waals surface area contributed by atoms with Gasteiger partial charge < -0.3 is 19.2 Å². The topological polar surface area (TPSA) is 73.6 Å². The first-order chi connectivity index (χ1) is 13.1. The number of ether oxygens (including phenoxy) is 2. The molecule has 0 saturated heterocycles. The predicted molar refractivity (Wildman–Crippen MR) is 99.5 cm³/mol. The summed E-state index contributed by atoms with van der Waals surface area (Å²) in [6, 6.07) is 13.5. The van der Waals surface area contributed by atoms with Gasteiger partial charge in [0.05, 0.1) is 12.1 Å². The van der Waals surface area contributed by atoms with Crippen LogP contribution < -0.4 is 14.8 Å². The van der Waals surface area contributed by atoms with Crippen molar-refractivity contribution in [2.24, 2.45) is 0 Å². The fourth-order valence-corrected chi connectivity index (χ4v) is 2.99. The third-order valence-electron chi connectivity index (χ3n) is 4.52. The van der Waals surface area contributed by atoms with Gasteiger partial charge in [0.2, 0.25) is 18.6 Å². The van der Waals surface area contributed by atoms with Gasteiger partial charge in [0.15, 0.2) is 11.5 Å². The fraction of sp³-hybridized carbons (Fsp3) is 0.238. The molecule has 0 unspecified atom stereocenters. The van der Waals surface area contributed by atoms with Crippen molar-refractivity contribution in [3.8, 4) is 23.0 Å². The van der Waals surface area contributed by atoms with E-state index < -0.39 is 0 Å². The van der Waals surface area contributed by atoms with Gasteiger partial charge in [-0.3, -0.25) is 4.79 Å². The highest BCUT2D eigenvalue weighted by Crippen LogP contribution is 2.32. The molecule has 1 N–H and O–H groups in total. The lowest BCUT2D eigenvalue weighted by Gasteiger charge is -2.05. The lowest BCUT2D eigenvalue weighted by atomic mass is 10.1. The SMILES string of the molecule is Cc1ccccc1-c1nc(CC(=O)NCc2ccc3c(c2)OCO3)c(C)o1. The molecule has 0 bridgehead atoms. The first-order valence-electron chi connectivity index (χ1n) is 8.77. The molecule has 2 heterocycles. The minimum Gasteiger partial charge on any atom is -0.454 e. The van der Waals surface area contributed by atoms with E-state index in [0.717, 1.165) is 22.4 Å². The normalized spacial score (nSPS) is 12.2. The van der Waals surface area contributed by atoms with Crippen molar-refractivity contribution in [1.82, 2.24) is 10.3 Å². The Labute approximate surface area is 157 Å². The smallest absolute Gasteiger partial charge is 0.231 e. The molecule has 1 aliphatic heterocycles. The molecule has 0 spiro atoms. The zero-order valence-corrected chi connectivity index (χ0v) is 15.2. The average molecular weight is 364 g/mol. The minimum absolute atomic E-state index is 0.111. The molecule has 138 valence electrons. The van der Waals surface area contributed by atoms with Crippen LogP contribution >= 0.6 is 0 Å². The number of benzene rings is 2. The highest BCUT2D eigenvalue weighted by Gasteiger charge is 2.17. The molecule has 0 radical (unpaired) electrons. The number of aryl methyl sites for hydroxylation is 2. The largest absolute Gasteiger partial charge is 0.454 e. The number of rotatable bonds is 5. The fourth-order valence-electron chi connectivity index (χ4n) is 2.99. The minimum atomic E-state index is -0.111. The zero-order valence-electron chi connectivity index (χ0n) is 15.2. The first kappa shape index (κ1) is 17.1. The summed E-state index contributed by atoms with van der Waals surface area (Å²) in [5, 5.41) is 2.91. The summed E-state index contributed by atoms with van der Waals surface area (Å²) in [5.74, 6) is 2.53. The van der Waals surface area contributed by atoms with Crippen LogP contribution in [0.2, 0.25) is 0 Å². The van der Waals surface area contributed by atoms with E-state index in [1.54, 1.807) is 0 Å². The molecule has 1 aromatic heterocycles. The number of hydrogen-bond acceptors (Lipinski definition) is 5. The molecule has 6 nitrogen and oxygen atoms in total. The van der Waals surface area contributed by atoms with Crippen molar-refractivity contribution in [3.05, 3.63) is 65.0 Å². The highest BCUT2D eigenvalue weighted by atomic mass is 16.7. The summed E-state index contributed by atoms with van der Waals surface area (Å²) in [5.41, 5.74) is 3.62. The van der Waals surface area contributed by atoms with Crippen molar-refractivity contribution in [2.45, 2.75) is 26.8 Å². The molecule has 2 aromatic carbocycles. The summed E-state index contributed by atoms with van der Waals surface area (Å²) in [7, 11) is 0. The third kappa shape index (κ3) is 3.65. The number of fused-ring (bicyclic) bond motifs is 1. The molecule has 6 heteroatoms. The molecule has 0 fully saturated rings. The Hall–Kier alpha value is -3.28. The highest BCUT2D eigenvalue weighted by molar-refractivity contribution is 5.78. The van der Waals surface area contributed by atoms with Gasteiger partial charge in [-0.05, 0) is 43.2 Å². The molecular weight excluding hydrogens is 344 g/mol. The van der Waals surface area contributed by atoms with E-state index in [4.69, 9.17) is 13.9 Å². The number of aromatic nitrogens is 1. The van der Waals surface area contributed by atoms with E-state index in [0.29, 0.717) is 29.6 Å². The van der Waals surface area contributed by atoms with Gasteiger partial charge in [-0.15, -0.1) is 0 Å². The Bertz CT molecular complexity index is 994. The number of carbonyl (C=O) groups is 1. The Morgan fingerprint density at radius 3 is 2.78 bits per heavy atom. The summed E-state index contributed by atoms with van der Waals surface area (Å²) in [4.78, 5) is 16.9. The van der Waals surface area contributed by atoms with Crippen molar-refractivity contribution < 1.29 is 18.7 Å². The van der Waals surface area contributed by atoms with Crippen LogP contribution in [0.4, 0.5) is 0 Å². The number of amides is 1. The van der Waals surface area contributed by atoms with E-state index in [-0.39, 0.29) is 19.1 Å². The van der Waals surface area contributed by atoms with Crippen LogP contribution in [0.15, 0.2) is 46.9 Å². The van der Waals surface area contributed by atoms with Crippen molar-refractivity contribution >= 4 is 5.91 Å². The van der Waals surface area contributed by atoms with E-state index in [1.165, 1.54) is 0 Å². The van der Waals surface area contributed by atoms with Crippen molar-refractivity contribution in [2.75, 3.05) is 6.79 Å². The summed E-state index contributed by atoms with van der Waals surface area (Å²) < 4.78 is 16.4. The number of nitrogens with zero attached hydrogens (tertiary/aromatic N) is 1. The molecule has 0 saturated carbocycles. The van der Waals surface area contributed by atoms with Gasteiger partial charge in [0, 0.05) is 12.1 Å². The second-order valence-electron chi connectivity index (χ2n) is 6.48. The molecule has 4 rings (SSSR count). The van der Waals surface area contributed by atoms with Gasteiger partial charge in [-0.25, -0.2) is 4.98 Å². The number of nitrogens with one attached hydrogen (secondary N) is 1. The van der Waals surface area contributed by atoms with Crippen LogP contribution in [0, 0.1) is 13.8 Å². The third-order valence-corrected chi connectivity index (χ3v) is 4.52. The predicted octanol–water partition coefficient (Wildman–Crippen LogP) is 3.55. The Balaban J connectivity index is 1.40. The maximum Gasteiger partial charge on any atom is 0.231 e. The first-order valence-corrected chi connectivity index (χ1v) is 8.77. The maximum atomic E-state index is 12.3. The lowest BCUT2D eigenvalue weighted by Crippen LogP contribution is -2.24. The molecule has 27 heavy (non-hydrogen) atoms. The van der Waals surface area contributed by atoms with Crippen LogP contribution in [-0.4, -0.2) is 17.7 Å². The zero-order chi connectivity index (χ0) is 18.8. The van der Waals surface area contributed by atoms with Crippen LogP contribution in [-0.2, 0) is 17.8 Å². The maximum absolute atomic E-state index is 12.3. The number of oxazole rings is 1. The van der Waals surface area contributed by atoms with Gasteiger partial charge in [-0.1, -0.05) is 24.3 Å². The average Bonchev–Trinajstić information content (AvgIpc) is 3.27. The quantitative estimate of drug-likeness (QED) is 0.749. The Morgan fingerprint density at radius 1 is 1.11 bits per heavy atom. The summed E-state index contributed by atoms with van der Waals surface area (Å²) in [6.07, 6.45) is 0.172. The van der Waals surface area contributed by atoms with E-state index in [1.807, 2.05) is 56.3 Å². The van der Waals surface area contributed by atoms with E-state index >= 15 is 0 Å². The number of carbonyl (C=O) groups excluding carboxylic acids is 1. The number of hydrogen-bond donors (Lipinski definition) is 1. The Kier molecular flexibility index (Phi) is 4.54. The van der Waals surface area contributed by atoms with Gasteiger partial charge in [-0.2, -0.15) is 0 Å². The molecule has 3 aromatic rings. The molecule has 0 aliphatic carbocycles. The second kappa shape index (κ2) is 7.15. The molecule has 1 amide bonds. The monoisotopic (exact) mass is 364 g/mol. The molecule has 0 atom stereocenters. The summed E-state index contributed by atoms with van der Waals surface area (Å²) in [6.45, 7) is 4.48. The van der Waals surface area contributed by atoms with E-state index in [2.05, 4.69) is 10.3 Å². The van der Waals surface area contributed by atoms with Crippen LogP contribution in [0.1, 0.15) is 22.6 Å². The van der Waals surface area contributed by atoms with Crippen LogP contribution in [0.25, 0.3) is 11.5 Å². The van der Waals surface area contributed by atoms with Crippen molar-refractivity contribution in [3.63, 3.8) is 0 Å². The molecular formula is C21H20N2O4. The van der Waals surface area contributed by atoms with Gasteiger partial charge >= 0.3 is 0 Å². The lowest BCUT2D eigenvalue weighted by molar-refractivity contribution is -0.120.